The van der Waals surface area contributed by atoms with E-state index in [-0.39, 0.29) is 17.9 Å². The fraction of sp³-hybridized carbons (Fsp3) is 0.333. The van der Waals surface area contributed by atoms with Crippen molar-refractivity contribution in [3.63, 3.8) is 0 Å². The Morgan fingerprint density at radius 1 is 1.40 bits per heavy atom. The number of likely N-dealkylation sites (N-methyl/N-ethyl adjacent to an activating group) is 1. The van der Waals surface area contributed by atoms with E-state index in [1.165, 1.54) is 16.2 Å². The van der Waals surface area contributed by atoms with Gasteiger partial charge in [-0.2, -0.15) is 4.37 Å². The van der Waals surface area contributed by atoms with Crippen LogP contribution in [0.15, 0.2) is 5.38 Å². The third-order valence-electron chi connectivity index (χ3n) is 2.74. The number of carbonyl (C=O) groups excluding carboxylic acids is 1. The molecule has 6 nitrogen and oxygen atoms in total. The fourth-order valence-electron chi connectivity index (χ4n) is 1.71. The molecule has 0 radical (unpaired) electrons. The van der Waals surface area contributed by atoms with E-state index in [1.54, 1.807) is 14.0 Å². The van der Waals surface area contributed by atoms with Gasteiger partial charge in [-0.05, 0) is 25.4 Å². The van der Waals surface area contributed by atoms with Gasteiger partial charge in [0, 0.05) is 12.4 Å². The Labute approximate surface area is 123 Å². The lowest BCUT2D eigenvalue weighted by atomic mass is 10.2. The number of carbonyl (C=O) groups is 2. The maximum atomic E-state index is 12.2. The molecule has 0 spiro atoms. The summed E-state index contributed by atoms with van der Waals surface area (Å²) in [5.74, 6) is -1.28. The number of aromatic nitrogens is 2. The summed E-state index contributed by atoms with van der Waals surface area (Å²) in [5, 5.41) is 12.3. The molecule has 0 unspecified atom stereocenters. The molecule has 2 aromatic rings. The van der Waals surface area contributed by atoms with Crippen LogP contribution in [-0.2, 0) is 11.2 Å². The van der Waals surface area contributed by atoms with Crippen LogP contribution in [0.3, 0.4) is 0 Å². The van der Waals surface area contributed by atoms with Crippen LogP contribution in [0.1, 0.15) is 26.8 Å². The van der Waals surface area contributed by atoms with Crippen LogP contribution >= 0.6 is 22.9 Å². The first-order chi connectivity index (χ1) is 9.40. The smallest absolute Gasteiger partial charge is 0.340 e. The van der Waals surface area contributed by atoms with Crippen molar-refractivity contribution in [3.05, 3.63) is 27.3 Å². The van der Waals surface area contributed by atoms with Crippen LogP contribution in [0.5, 0.6) is 0 Å². The number of nitrogens with zero attached hydrogens (tertiary/aromatic N) is 3. The van der Waals surface area contributed by atoms with Gasteiger partial charge in [0.1, 0.15) is 10.6 Å². The predicted molar refractivity (Wildman–Crippen MR) is 77.8 cm³/mol. The Morgan fingerprint density at radius 3 is 2.65 bits per heavy atom. The third-order valence-corrected chi connectivity index (χ3v) is 4.57. The Balaban J connectivity index is 2.21. The summed E-state index contributed by atoms with van der Waals surface area (Å²) in [5.41, 5.74) is 1.20. The summed E-state index contributed by atoms with van der Waals surface area (Å²) in [6.45, 7) is 3.49. The zero-order valence-electron chi connectivity index (χ0n) is 11.2. The van der Waals surface area contributed by atoms with Gasteiger partial charge in [-0.25, -0.2) is 9.78 Å². The average molecular weight is 311 g/mol. The minimum atomic E-state index is -1.07. The topological polar surface area (TPSA) is 83.4 Å². The van der Waals surface area contributed by atoms with E-state index in [4.69, 9.17) is 0 Å². The molecule has 0 aliphatic carbocycles. The second-order valence-electron chi connectivity index (χ2n) is 4.24. The Hall–Kier alpha value is -1.80. The maximum Gasteiger partial charge on any atom is 0.340 e. The SMILES string of the molecule is Cc1nc(CC(=O)N(C)c2snc(C)c2C(=O)O)cs1. The van der Waals surface area contributed by atoms with Crippen molar-refractivity contribution in [2.75, 3.05) is 11.9 Å². The van der Waals surface area contributed by atoms with Gasteiger partial charge in [-0.15, -0.1) is 11.3 Å². The molecule has 2 rings (SSSR count). The van der Waals surface area contributed by atoms with E-state index in [0.717, 1.165) is 16.5 Å². The van der Waals surface area contributed by atoms with Crippen LogP contribution in [0.25, 0.3) is 0 Å². The Morgan fingerprint density at radius 2 is 2.10 bits per heavy atom. The quantitative estimate of drug-likeness (QED) is 0.935. The predicted octanol–water partition coefficient (Wildman–Crippen LogP) is 2.12. The number of carboxylic acids is 1. The van der Waals surface area contributed by atoms with Crippen LogP contribution in [0, 0.1) is 13.8 Å². The second kappa shape index (κ2) is 5.68. The molecule has 1 amide bonds. The molecule has 0 saturated carbocycles. The molecule has 0 aromatic carbocycles. The van der Waals surface area contributed by atoms with Crippen LogP contribution in [0.4, 0.5) is 5.00 Å². The van der Waals surface area contributed by atoms with E-state index in [2.05, 4.69) is 9.36 Å². The average Bonchev–Trinajstić information content (AvgIpc) is 2.94. The largest absolute Gasteiger partial charge is 0.478 e. The minimum absolute atomic E-state index is 0.0836. The Kier molecular flexibility index (Phi) is 4.15. The first kappa shape index (κ1) is 14.6. The first-order valence-electron chi connectivity index (χ1n) is 5.77. The summed E-state index contributed by atoms with van der Waals surface area (Å²) in [6.07, 6.45) is 0.150. The molecule has 20 heavy (non-hydrogen) atoms. The number of carboxylic acid groups (broad SMARTS) is 1. The zero-order valence-corrected chi connectivity index (χ0v) is 12.8. The molecule has 0 fully saturated rings. The highest BCUT2D eigenvalue weighted by molar-refractivity contribution is 7.11. The van der Waals surface area contributed by atoms with Gasteiger partial charge in [0.15, 0.2) is 0 Å². The highest BCUT2D eigenvalue weighted by Crippen LogP contribution is 2.28. The number of hydrogen-bond acceptors (Lipinski definition) is 6. The number of amides is 1. The van der Waals surface area contributed by atoms with Gasteiger partial charge in [-0.3, -0.25) is 4.79 Å². The third kappa shape index (κ3) is 2.86. The summed E-state index contributed by atoms with van der Waals surface area (Å²) >= 11 is 2.49. The summed E-state index contributed by atoms with van der Waals surface area (Å²) in [6, 6.07) is 0. The van der Waals surface area contributed by atoms with Gasteiger partial charge in [0.25, 0.3) is 0 Å². The lowest BCUT2D eigenvalue weighted by Gasteiger charge is -2.15. The zero-order chi connectivity index (χ0) is 14.9. The van der Waals surface area contributed by atoms with E-state index in [9.17, 15) is 14.7 Å². The molecule has 2 aromatic heterocycles. The molecule has 106 valence electrons. The molecule has 0 atom stereocenters. The highest BCUT2D eigenvalue weighted by atomic mass is 32.1. The maximum absolute atomic E-state index is 12.2. The molecule has 8 heteroatoms. The van der Waals surface area contributed by atoms with Gasteiger partial charge in [-0.1, -0.05) is 0 Å². The second-order valence-corrected chi connectivity index (χ2v) is 6.05. The van der Waals surface area contributed by atoms with Gasteiger partial charge in [0.05, 0.1) is 22.8 Å². The minimum Gasteiger partial charge on any atom is -0.478 e. The number of rotatable bonds is 4. The van der Waals surface area contributed by atoms with Gasteiger partial charge in [0.2, 0.25) is 5.91 Å². The molecule has 2 heterocycles. The molecule has 0 aliphatic heterocycles. The van der Waals surface area contributed by atoms with Crippen molar-refractivity contribution in [2.24, 2.45) is 0 Å². The van der Waals surface area contributed by atoms with Crippen LogP contribution < -0.4 is 4.90 Å². The standard InChI is InChI=1S/C12H13N3O3S2/c1-6-10(12(17)18)11(20-14-6)15(3)9(16)4-8-5-19-7(2)13-8/h5H,4H2,1-3H3,(H,17,18). The number of aromatic carboxylic acids is 1. The van der Waals surface area contributed by atoms with E-state index in [0.29, 0.717) is 16.4 Å². The lowest BCUT2D eigenvalue weighted by Crippen LogP contribution is -2.28. The number of anilines is 1. The van der Waals surface area contributed by atoms with Crippen molar-refractivity contribution in [1.29, 1.82) is 0 Å². The monoisotopic (exact) mass is 311 g/mol. The van der Waals surface area contributed by atoms with E-state index >= 15 is 0 Å². The molecular formula is C12H13N3O3S2. The van der Waals surface area contributed by atoms with Crippen molar-refractivity contribution < 1.29 is 14.7 Å². The first-order valence-corrected chi connectivity index (χ1v) is 7.42. The van der Waals surface area contributed by atoms with Crippen molar-refractivity contribution in [1.82, 2.24) is 9.36 Å². The number of aryl methyl sites for hydroxylation is 2. The summed E-state index contributed by atoms with van der Waals surface area (Å²) < 4.78 is 4.01. The molecule has 0 aliphatic rings. The molecule has 0 saturated heterocycles. The van der Waals surface area contributed by atoms with Crippen molar-refractivity contribution >= 4 is 39.7 Å². The van der Waals surface area contributed by atoms with Gasteiger partial charge >= 0.3 is 5.97 Å². The van der Waals surface area contributed by atoms with E-state index in [1.807, 2.05) is 12.3 Å². The fourth-order valence-corrected chi connectivity index (χ4v) is 3.19. The lowest BCUT2D eigenvalue weighted by molar-refractivity contribution is -0.117. The van der Waals surface area contributed by atoms with E-state index < -0.39 is 5.97 Å². The summed E-state index contributed by atoms with van der Waals surface area (Å²) in [7, 11) is 1.56. The van der Waals surface area contributed by atoms with Crippen LogP contribution in [0.2, 0.25) is 0 Å². The molecule has 1 N–H and O–H groups in total. The normalized spacial score (nSPS) is 10.6. The highest BCUT2D eigenvalue weighted by Gasteiger charge is 2.24. The number of thiazole rings is 1. The summed E-state index contributed by atoms with van der Waals surface area (Å²) in [4.78, 5) is 29.0. The Bertz CT molecular complexity index is 663. The van der Waals surface area contributed by atoms with Crippen molar-refractivity contribution in [2.45, 2.75) is 20.3 Å². The van der Waals surface area contributed by atoms with Crippen LogP contribution in [-0.4, -0.2) is 33.4 Å². The van der Waals surface area contributed by atoms with Crippen molar-refractivity contribution in [3.8, 4) is 0 Å². The number of hydrogen-bond donors (Lipinski definition) is 1. The molecule has 0 bridgehead atoms. The molecular weight excluding hydrogens is 298 g/mol. The van der Waals surface area contributed by atoms with Gasteiger partial charge < -0.3 is 10.0 Å².